The van der Waals surface area contributed by atoms with E-state index in [9.17, 15) is 4.79 Å². The third-order valence-corrected chi connectivity index (χ3v) is 2.97. The van der Waals surface area contributed by atoms with Crippen molar-refractivity contribution in [2.45, 2.75) is 13.5 Å². The molecule has 96 valence electrons. The molecule has 0 N–H and O–H groups in total. The number of esters is 1. The summed E-state index contributed by atoms with van der Waals surface area (Å²) in [6.45, 7) is 2.22. The van der Waals surface area contributed by atoms with Gasteiger partial charge in [-0.3, -0.25) is 4.68 Å². The molecule has 0 atom stereocenters. The third kappa shape index (κ3) is 2.21. The number of hydrogen-bond donors (Lipinski definition) is 0. The fourth-order valence-electron chi connectivity index (χ4n) is 1.56. The first kappa shape index (κ1) is 12.6. The maximum Gasteiger partial charge on any atom is 0.377 e. The van der Waals surface area contributed by atoms with E-state index < -0.39 is 5.97 Å². The van der Waals surface area contributed by atoms with Crippen molar-refractivity contribution in [1.29, 1.82) is 0 Å². The summed E-state index contributed by atoms with van der Waals surface area (Å²) >= 11 is 6.12. The van der Waals surface area contributed by atoms with Gasteiger partial charge in [-0.15, -0.1) is 5.10 Å². The molecule has 0 aliphatic heterocycles. The molecule has 0 bridgehead atoms. The lowest BCUT2D eigenvalue weighted by atomic mass is 10.3. The van der Waals surface area contributed by atoms with Crippen LogP contribution >= 0.6 is 11.6 Å². The molecule has 0 unspecified atom stereocenters. The zero-order valence-corrected chi connectivity index (χ0v) is 11.0. The van der Waals surface area contributed by atoms with Crippen LogP contribution in [-0.2, 0) is 18.3 Å². The van der Waals surface area contributed by atoms with E-state index in [-0.39, 0.29) is 5.82 Å². The van der Waals surface area contributed by atoms with Gasteiger partial charge < -0.3 is 4.74 Å². The summed E-state index contributed by atoms with van der Waals surface area (Å²) in [5, 5.41) is 8.79. The zero-order chi connectivity index (χ0) is 13.3. The van der Waals surface area contributed by atoms with Crippen LogP contribution in [0.1, 0.15) is 22.0 Å². The topological polar surface area (TPSA) is 74.8 Å². The first-order valence-corrected chi connectivity index (χ1v) is 5.56. The van der Waals surface area contributed by atoms with Crippen molar-refractivity contribution in [3.8, 4) is 0 Å². The number of halogens is 1. The highest BCUT2D eigenvalue weighted by Crippen LogP contribution is 2.19. The molecule has 18 heavy (non-hydrogen) atoms. The van der Waals surface area contributed by atoms with E-state index in [1.54, 1.807) is 11.7 Å². The highest BCUT2D eigenvalue weighted by Gasteiger charge is 2.15. The number of ether oxygens (including phenoxy) is 1. The van der Waals surface area contributed by atoms with Crippen LogP contribution in [0.5, 0.6) is 0 Å². The molecule has 2 aromatic heterocycles. The maximum atomic E-state index is 11.2. The van der Waals surface area contributed by atoms with Gasteiger partial charge in [0.1, 0.15) is 6.33 Å². The number of aromatic nitrogens is 5. The number of carbonyl (C=O) groups is 1. The number of carbonyl (C=O) groups excluding carboxylic acids is 1. The summed E-state index contributed by atoms with van der Waals surface area (Å²) < 4.78 is 7.72. The Kier molecular flexibility index (Phi) is 3.33. The smallest absolute Gasteiger partial charge is 0.377 e. The van der Waals surface area contributed by atoms with Gasteiger partial charge in [0.25, 0.3) is 5.82 Å². The molecule has 0 radical (unpaired) electrons. The van der Waals surface area contributed by atoms with Gasteiger partial charge in [-0.2, -0.15) is 5.10 Å². The van der Waals surface area contributed by atoms with Gasteiger partial charge in [0.2, 0.25) is 0 Å². The van der Waals surface area contributed by atoms with Crippen LogP contribution < -0.4 is 0 Å². The van der Waals surface area contributed by atoms with Gasteiger partial charge >= 0.3 is 5.97 Å². The van der Waals surface area contributed by atoms with E-state index >= 15 is 0 Å². The highest BCUT2D eigenvalue weighted by molar-refractivity contribution is 6.31. The average molecular weight is 270 g/mol. The van der Waals surface area contributed by atoms with Crippen LogP contribution in [0.25, 0.3) is 0 Å². The average Bonchev–Trinajstić information content (AvgIpc) is 2.90. The third-order valence-electron chi connectivity index (χ3n) is 2.48. The van der Waals surface area contributed by atoms with E-state index in [1.807, 2.05) is 6.92 Å². The van der Waals surface area contributed by atoms with Crippen LogP contribution in [0.4, 0.5) is 0 Å². The normalized spacial score (nSPS) is 10.7. The van der Waals surface area contributed by atoms with Crippen molar-refractivity contribution in [3.05, 3.63) is 28.6 Å². The molecule has 0 aromatic carbocycles. The molecule has 2 aromatic rings. The van der Waals surface area contributed by atoms with Gasteiger partial charge in [0.05, 0.1) is 30.1 Å². The highest BCUT2D eigenvalue weighted by atomic mass is 35.5. The van der Waals surface area contributed by atoms with Crippen molar-refractivity contribution < 1.29 is 9.53 Å². The Labute approximate surface area is 108 Å². The fraction of sp³-hybridized carbons (Fsp3) is 0.400. The van der Waals surface area contributed by atoms with Crippen molar-refractivity contribution in [1.82, 2.24) is 24.5 Å². The minimum Gasteiger partial charge on any atom is -0.463 e. The standard InChI is InChI=1S/C10H12ClN5O2/c1-6-8(11)7(15(2)13-6)4-16-5-12-9(14-16)10(17)18-3/h5H,4H2,1-3H3. The second-order valence-corrected chi connectivity index (χ2v) is 4.10. The number of hydrogen-bond acceptors (Lipinski definition) is 5. The van der Waals surface area contributed by atoms with E-state index in [1.165, 1.54) is 18.1 Å². The monoisotopic (exact) mass is 269 g/mol. The minimum atomic E-state index is -0.568. The Morgan fingerprint density at radius 2 is 2.22 bits per heavy atom. The summed E-state index contributed by atoms with van der Waals surface area (Å²) in [4.78, 5) is 15.1. The Morgan fingerprint density at radius 1 is 1.50 bits per heavy atom. The maximum absolute atomic E-state index is 11.2. The second kappa shape index (κ2) is 4.77. The van der Waals surface area contributed by atoms with E-state index in [4.69, 9.17) is 11.6 Å². The quantitative estimate of drug-likeness (QED) is 0.771. The SMILES string of the molecule is COC(=O)c1ncn(Cc2c(Cl)c(C)nn2C)n1. The van der Waals surface area contributed by atoms with Crippen molar-refractivity contribution in [2.24, 2.45) is 7.05 Å². The molecular weight excluding hydrogens is 258 g/mol. The largest absolute Gasteiger partial charge is 0.463 e. The van der Waals surface area contributed by atoms with Crippen LogP contribution in [0.3, 0.4) is 0 Å². The fourth-order valence-corrected chi connectivity index (χ4v) is 1.78. The molecule has 7 nitrogen and oxygen atoms in total. The van der Waals surface area contributed by atoms with Gasteiger partial charge in [0, 0.05) is 7.05 Å². The molecule has 0 aliphatic rings. The van der Waals surface area contributed by atoms with Crippen molar-refractivity contribution >= 4 is 17.6 Å². The zero-order valence-electron chi connectivity index (χ0n) is 10.2. The van der Waals surface area contributed by atoms with Gasteiger partial charge in [-0.25, -0.2) is 14.5 Å². The van der Waals surface area contributed by atoms with E-state index in [0.29, 0.717) is 11.6 Å². The molecule has 0 saturated heterocycles. The Balaban J connectivity index is 2.24. The Hall–Kier alpha value is -1.89. The summed E-state index contributed by atoms with van der Waals surface area (Å²) in [6.07, 6.45) is 1.45. The van der Waals surface area contributed by atoms with Crippen LogP contribution in [-0.4, -0.2) is 37.6 Å². The molecule has 2 heterocycles. The lowest BCUT2D eigenvalue weighted by molar-refractivity contribution is 0.0586. The molecule has 0 fully saturated rings. The number of nitrogens with zero attached hydrogens (tertiary/aromatic N) is 5. The minimum absolute atomic E-state index is 0.0208. The summed E-state index contributed by atoms with van der Waals surface area (Å²) in [7, 11) is 3.08. The number of aryl methyl sites for hydroxylation is 2. The summed E-state index contributed by atoms with van der Waals surface area (Å²) in [6, 6.07) is 0. The van der Waals surface area contributed by atoms with Crippen LogP contribution in [0.15, 0.2) is 6.33 Å². The Morgan fingerprint density at radius 3 is 2.78 bits per heavy atom. The molecule has 0 spiro atoms. The van der Waals surface area contributed by atoms with Gasteiger partial charge in [-0.05, 0) is 6.92 Å². The number of rotatable bonds is 3. The molecular formula is C10H12ClN5O2. The molecule has 0 saturated carbocycles. The molecule has 8 heteroatoms. The first-order valence-electron chi connectivity index (χ1n) is 5.18. The van der Waals surface area contributed by atoms with E-state index in [0.717, 1.165) is 11.4 Å². The second-order valence-electron chi connectivity index (χ2n) is 3.73. The van der Waals surface area contributed by atoms with Gasteiger partial charge in [-0.1, -0.05) is 11.6 Å². The van der Waals surface area contributed by atoms with E-state index in [2.05, 4.69) is 19.9 Å². The summed E-state index contributed by atoms with van der Waals surface area (Å²) in [5.74, 6) is -0.548. The van der Waals surface area contributed by atoms with Crippen molar-refractivity contribution in [3.63, 3.8) is 0 Å². The number of methoxy groups -OCH3 is 1. The van der Waals surface area contributed by atoms with Gasteiger partial charge in [0.15, 0.2) is 0 Å². The van der Waals surface area contributed by atoms with Crippen LogP contribution in [0.2, 0.25) is 5.02 Å². The first-order chi connectivity index (χ1) is 8.52. The molecule has 0 aliphatic carbocycles. The summed E-state index contributed by atoms with van der Waals surface area (Å²) in [5.41, 5.74) is 1.55. The molecule has 2 rings (SSSR count). The van der Waals surface area contributed by atoms with Crippen molar-refractivity contribution in [2.75, 3.05) is 7.11 Å². The lowest BCUT2D eigenvalue weighted by Crippen LogP contribution is -2.09. The predicted molar refractivity (Wildman–Crippen MR) is 63.4 cm³/mol. The Bertz CT molecular complexity index is 589. The predicted octanol–water partition coefficient (Wildman–Crippen LogP) is 0.808. The lowest BCUT2D eigenvalue weighted by Gasteiger charge is -2.02. The van der Waals surface area contributed by atoms with Crippen LogP contribution in [0, 0.1) is 6.92 Å². The molecule has 0 amide bonds.